The summed E-state index contributed by atoms with van der Waals surface area (Å²) in [6.07, 6.45) is 0.268. The van der Waals surface area contributed by atoms with Crippen LogP contribution in [0.5, 0.6) is 5.75 Å². The van der Waals surface area contributed by atoms with E-state index in [4.69, 9.17) is 9.84 Å². The molecule has 0 fully saturated rings. The van der Waals surface area contributed by atoms with Crippen LogP contribution < -0.4 is 15.4 Å². The number of carbonyl (C=O) groups is 3. The number of amides is 2. The number of para-hydroxylation sites is 1. The van der Waals surface area contributed by atoms with Crippen molar-refractivity contribution >= 4 is 17.8 Å². The number of benzene rings is 1. The molecule has 0 atom stereocenters. The van der Waals surface area contributed by atoms with Crippen LogP contribution >= 0.6 is 0 Å². The molecule has 2 amide bonds. The second-order valence-corrected chi connectivity index (χ2v) is 5.70. The normalized spacial score (nSPS) is 10.7. The fourth-order valence-corrected chi connectivity index (χ4v) is 1.80. The first-order chi connectivity index (χ1) is 10.8. The molecule has 7 heteroatoms. The summed E-state index contributed by atoms with van der Waals surface area (Å²) in [5.74, 6) is -1.14. The van der Waals surface area contributed by atoms with Crippen molar-refractivity contribution in [2.75, 3.05) is 13.2 Å². The SMILES string of the molecule is CC(C)(CCC(=O)O)NC(=O)CNC(=O)COc1ccccc1. The van der Waals surface area contributed by atoms with E-state index in [-0.39, 0.29) is 25.5 Å². The molecule has 0 spiro atoms. The van der Waals surface area contributed by atoms with E-state index < -0.39 is 17.4 Å². The number of carbonyl (C=O) groups excluding carboxylic acids is 2. The van der Waals surface area contributed by atoms with E-state index in [2.05, 4.69) is 10.6 Å². The average Bonchev–Trinajstić information content (AvgIpc) is 2.50. The Morgan fingerprint density at radius 2 is 1.78 bits per heavy atom. The van der Waals surface area contributed by atoms with Crippen LogP contribution in [0.15, 0.2) is 30.3 Å². The van der Waals surface area contributed by atoms with Gasteiger partial charge in [0.1, 0.15) is 5.75 Å². The van der Waals surface area contributed by atoms with Crippen LogP contribution in [0, 0.1) is 0 Å². The highest BCUT2D eigenvalue weighted by Gasteiger charge is 2.21. The number of carboxylic acids is 1. The topological polar surface area (TPSA) is 105 Å². The minimum atomic E-state index is -0.918. The molecule has 0 saturated carbocycles. The third kappa shape index (κ3) is 8.45. The monoisotopic (exact) mass is 322 g/mol. The molecule has 1 aromatic carbocycles. The fraction of sp³-hybridized carbons (Fsp3) is 0.438. The highest BCUT2D eigenvalue weighted by molar-refractivity contribution is 5.85. The Morgan fingerprint density at radius 3 is 2.39 bits per heavy atom. The van der Waals surface area contributed by atoms with Crippen LogP contribution in [0.1, 0.15) is 26.7 Å². The molecule has 0 saturated heterocycles. The summed E-state index contributed by atoms with van der Waals surface area (Å²) in [6, 6.07) is 8.87. The van der Waals surface area contributed by atoms with Crippen LogP contribution in [-0.4, -0.2) is 41.6 Å². The molecule has 0 aromatic heterocycles. The molecule has 0 heterocycles. The van der Waals surface area contributed by atoms with E-state index in [1.807, 2.05) is 6.07 Å². The lowest BCUT2D eigenvalue weighted by Gasteiger charge is -2.25. The highest BCUT2D eigenvalue weighted by atomic mass is 16.5. The first kappa shape index (κ1) is 18.5. The van der Waals surface area contributed by atoms with Crippen LogP contribution in [0.25, 0.3) is 0 Å². The van der Waals surface area contributed by atoms with Gasteiger partial charge in [-0.3, -0.25) is 14.4 Å². The molecule has 1 aromatic rings. The minimum Gasteiger partial charge on any atom is -0.484 e. The summed E-state index contributed by atoms with van der Waals surface area (Å²) in [6.45, 7) is 3.09. The zero-order valence-electron chi connectivity index (χ0n) is 13.3. The van der Waals surface area contributed by atoms with Crippen molar-refractivity contribution in [1.82, 2.24) is 10.6 Å². The predicted molar refractivity (Wildman–Crippen MR) is 84.0 cm³/mol. The average molecular weight is 322 g/mol. The van der Waals surface area contributed by atoms with E-state index in [0.717, 1.165) is 0 Å². The van der Waals surface area contributed by atoms with Gasteiger partial charge in [-0.25, -0.2) is 0 Å². The number of ether oxygens (including phenoxy) is 1. The number of carboxylic acid groups (broad SMARTS) is 1. The number of nitrogens with one attached hydrogen (secondary N) is 2. The molecular formula is C16H22N2O5. The molecule has 0 bridgehead atoms. The molecule has 0 aliphatic heterocycles. The smallest absolute Gasteiger partial charge is 0.303 e. The van der Waals surface area contributed by atoms with Gasteiger partial charge in [0.15, 0.2) is 6.61 Å². The van der Waals surface area contributed by atoms with E-state index in [1.54, 1.807) is 38.1 Å². The molecular weight excluding hydrogens is 300 g/mol. The molecule has 0 aliphatic carbocycles. The first-order valence-corrected chi connectivity index (χ1v) is 7.26. The van der Waals surface area contributed by atoms with Crippen molar-refractivity contribution < 1.29 is 24.2 Å². The van der Waals surface area contributed by atoms with Gasteiger partial charge in [0.05, 0.1) is 6.54 Å². The second kappa shape index (κ2) is 8.77. The molecule has 0 aliphatic rings. The quantitative estimate of drug-likeness (QED) is 0.627. The van der Waals surface area contributed by atoms with Crippen LogP contribution in [0.4, 0.5) is 0 Å². The number of hydrogen-bond acceptors (Lipinski definition) is 4. The molecule has 1 rings (SSSR count). The summed E-state index contributed by atoms with van der Waals surface area (Å²) in [4.78, 5) is 33.9. The Hall–Kier alpha value is -2.57. The van der Waals surface area contributed by atoms with Gasteiger partial charge in [0.2, 0.25) is 5.91 Å². The zero-order chi connectivity index (χ0) is 17.3. The standard InChI is InChI=1S/C16H22N2O5/c1-16(2,9-8-15(21)22)18-13(19)10-17-14(20)11-23-12-6-4-3-5-7-12/h3-7H,8-11H2,1-2H3,(H,17,20)(H,18,19)(H,21,22). The highest BCUT2D eigenvalue weighted by Crippen LogP contribution is 2.10. The minimum absolute atomic E-state index is 0.0371. The second-order valence-electron chi connectivity index (χ2n) is 5.70. The fourth-order valence-electron chi connectivity index (χ4n) is 1.80. The number of hydrogen-bond donors (Lipinski definition) is 3. The zero-order valence-corrected chi connectivity index (χ0v) is 13.3. The van der Waals surface area contributed by atoms with Gasteiger partial charge in [-0.1, -0.05) is 18.2 Å². The molecule has 23 heavy (non-hydrogen) atoms. The maximum atomic E-state index is 11.8. The lowest BCUT2D eigenvalue weighted by atomic mass is 9.98. The Kier molecular flexibility index (Phi) is 7.05. The molecule has 7 nitrogen and oxygen atoms in total. The number of rotatable bonds is 9. The molecule has 126 valence electrons. The van der Waals surface area contributed by atoms with Gasteiger partial charge in [0.25, 0.3) is 5.91 Å². The summed E-state index contributed by atoms with van der Waals surface area (Å²) < 4.78 is 5.26. The molecule has 0 unspecified atom stereocenters. The molecule has 0 radical (unpaired) electrons. The van der Waals surface area contributed by atoms with Crippen molar-refractivity contribution in [3.63, 3.8) is 0 Å². The number of aliphatic carboxylic acids is 1. The van der Waals surface area contributed by atoms with Gasteiger partial charge in [-0.2, -0.15) is 0 Å². The lowest BCUT2D eigenvalue weighted by Crippen LogP contribution is -2.48. The van der Waals surface area contributed by atoms with Gasteiger partial charge in [0, 0.05) is 12.0 Å². The Morgan fingerprint density at radius 1 is 1.13 bits per heavy atom. The summed E-state index contributed by atoms with van der Waals surface area (Å²) in [7, 11) is 0. The predicted octanol–water partition coefficient (Wildman–Crippen LogP) is 0.941. The third-order valence-corrected chi connectivity index (χ3v) is 3.00. The van der Waals surface area contributed by atoms with Crippen molar-refractivity contribution in [3.05, 3.63) is 30.3 Å². The van der Waals surface area contributed by atoms with E-state index in [0.29, 0.717) is 12.2 Å². The van der Waals surface area contributed by atoms with Crippen molar-refractivity contribution in [1.29, 1.82) is 0 Å². The van der Waals surface area contributed by atoms with E-state index >= 15 is 0 Å². The summed E-state index contributed by atoms with van der Waals surface area (Å²) in [5.41, 5.74) is -0.652. The van der Waals surface area contributed by atoms with Crippen LogP contribution in [0.2, 0.25) is 0 Å². The Balaban J connectivity index is 2.26. The van der Waals surface area contributed by atoms with Gasteiger partial charge in [-0.15, -0.1) is 0 Å². The van der Waals surface area contributed by atoms with Gasteiger partial charge < -0.3 is 20.5 Å². The summed E-state index contributed by atoms with van der Waals surface area (Å²) >= 11 is 0. The van der Waals surface area contributed by atoms with Crippen LogP contribution in [-0.2, 0) is 14.4 Å². The maximum absolute atomic E-state index is 11.8. The largest absolute Gasteiger partial charge is 0.484 e. The molecule has 3 N–H and O–H groups in total. The van der Waals surface area contributed by atoms with E-state index in [1.165, 1.54) is 0 Å². The Labute approximate surface area is 135 Å². The lowest BCUT2D eigenvalue weighted by molar-refractivity contribution is -0.137. The van der Waals surface area contributed by atoms with Gasteiger partial charge >= 0.3 is 5.97 Å². The third-order valence-electron chi connectivity index (χ3n) is 3.00. The van der Waals surface area contributed by atoms with E-state index in [9.17, 15) is 14.4 Å². The summed E-state index contributed by atoms with van der Waals surface area (Å²) in [5, 5.41) is 13.8. The van der Waals surface area contributed by atoms with Crippen molar-refractivity contribution in [2.45, 2.75) is 32.2 Å². The maximum Gasteiger partial charge on any atom is 0.303 e. The first-order valence-electron chi connectivity index (χ1n) is 7.26. The van der Waals surface area contributed by atoms with Crippen LogP contribution in [0.3, 0.4) is 0 Å². The van der Waals surface area contributed by atoms with Gasteiger partial charge in [-0.05, 0) is 32.4 Å². The van der Waals surface area contributed by atoms with Crippen molar-refractivity contribution in [2.24, 2.45) is 0 Å². The van der Waals surface area contributed by atoms with Crippen molar-refractivity contribution in [3.8, 4) is 5.75 Å². The Bertz CT molecular complexity index is 543.